The Morgan fingerprint density at radius 3 is 2.38 bits per heavy atom. The van der Waals surface area contributed by atoms with E-state index in [0.717, 1.165) is 30.8 Å². The summed E-state index contributed by atoms with van der Waals surface area (Å²) in [5.41, 5.74) is 0.0429. The molecule has 2 fully saturated rings. The minimum absolute atomic E-state index is 0.0719. The Morgan fingerprint density at radius 2 is 1.81 bits per heavy atom. The van der Waals surface area contributed by atoms with Crippen molar-refractivity contribution in [1.82, 2.24) is 4.90 Å². The molecule has 1 heterocycles. The number of amides is 1. The highest BCUT2D eigenvalue weighted by atomic mass is 16.5. The quantitative estimate of drug-likeness (QED) is 0.768. The molecule has 144 valence electrons. The molecule has 1 aromatic rings. The van der Waals surface area contributed by atoms with E-state index >= 15 is 0 Å². The van der Waals surface area contributed by atoms with Gasteiger partial charge in [0.05, 0.1) is 0 Å². The lowest BCUT2D eigenvalue weighted by Crippen LogP contribution is -2.44. The second kappa shape index (κ2) is 8.87. The van der Waals surface area contributed by atoms with Gasteiger partial charge < -0.3 is 14.8 Å². The topological polar surface area (TPSA) is 50.8 Å². The molecule has 26 heavy (non-hydrogen) atoms. The van der Waals surface area contributed by atoms with Crippen molar-refractivity contribution in [3.8, 4) is 5.75 Å². The third-order valence-corrected chi connectivity index (χ3v) is 5.72. The van der Waals surface area contributed by atoms with Crippen molar-refractivity contribution < 1.29 is 14.3 Å². The van der Waals surface area contributed by atoms with Crippen LogP contribution in [0.2, 0.25) is 0 Å². The zero-order valence-electron chi connectivity index (χ0n) is 16.1. The van der Waals surface area contributed by atoms with E-state index in [0.29, 0.717) is 12.5 Å². The highest BCUT2D eigenvalue weighted by Crippen LogP contribution is 2.42. The number of rotatable bonds is 8. The average molecular weight is 360 g/mol. The largest absolute Gasteiger partial charge is 0.492 e. The van der Waals surface area contributed by atoms with E-state index in [1.807, 2.05) is 31.2 Å². The standard InChI is InChI=1S/C21H32N2O3/c1-21(25-2,17-7-8-17)20(24)22-18-9-11-19(12-10-18)26-16-15-23-13-5-3-4-6-14-23/h9-12,17H,3-8,13-16H2,1-2H3,(H,22,24)/t21-/m0/s1. The molecule has 0 radical (unpaired) electrons. The van der Waals surface area contributed by atoms with E-state index in [9.17, 15) is 4.79 Å². The van der Waals surface area contributed by atoms with Gasteiger partial charge in [0.15, 0.2) is 0 Å². The van der Waals surface area contributed by atoms with E-state index in [1.165, 1.54) is 38.8 Å². The molecule has 2 aliphatic rings. The molecular formula is C21H32N2O3. The van der Waals surface area contributed by atoms with Gasteiger partial charge in [0.25, 0.3) is 5.91 Å². The molecule has 1 saturated heterocycles. The van der Waals surface area contributed by atoms with Crippen LogP contribution in [0.15, 0.2) is 24.3 Å². The highest BCUT2D eigenvalue weighted by molar-refractivity contribution is 5.97. The van der Waals surface area contributed by atoms with Crippen LogP contribution in [0.5, 0.6) is 5.75 Å². The number of nitrogens with one attached hydrogen (secondary N) is 1. The van der Waals surface area contributed by atoms with Crippen LogP contribution < -0.4 is 10.1 Å². The summed E-state index contributed by atoms with van der Waals surface area (Å²) in [7, 11) is 1.61. The lowest BCUT2D eigenvalue weighted by atomic mass is 9.99. The van der Waals surface area contributed by atoms with Crippen LogP contribution in [-0.2, 0) is 9.53 Å². The summed E-state index contributed by atoms with van der Waals surface area (Å²) in [6.45, 7) is 5.93. The number of likely N-dealkylation sites (tertiary alicyclic amines) is 1. The number of carbonyl (C=O) groups excluding carboxylic acids is 1. The molecule has 1 aliphatic carbocycles. The SMILES string of the molecule is CO[C@](C)(C(=O)Nc1ccc(OCCN2CCCCCC2)cc1)C1CC1. The minimum Gasteiger partial charge on any atom is -0.492 e. The molecule has 1 aromatic carbocycles. The van der Waals surface area contributed by atoms with E-state index in [1.54, 1.807) is 7.11 Å². The van der Waals surface area contributed by atoms with Gasteiger partial charge in [0, 0.05) is 19.3 Å². The summed E-state index contributed by atoms with van der Waals surface area (Å²) < 4.78 is 11.4. The second-order valence-electron chi connectivity index (χ2n) is 7.67. The number of hydrogen-bond donors (Lipinski definition) is 1. The predicted molar refractivity (Wildman–Crippen MR) is 104 cm³/mol. The molecule has 1 atom stereocenters. The third-order valence-electron chi connectivity index (χ3n) is 5.72. The Morgan fingerprint density at radius 1 is 1.15 bits per heavy atom. The molecule has 0 bridgehead atoms. The van der Waals surface area contributed by atoms with Gasteiger partial charge in [-0.2, -0.15) is 0 Å². The fraction of sp³-hybridized carbons (Fsp3) is 0.667. The number of nitrogens with zero attached hydrogens (tertiary/aromatic N) is 1. The first-order valence-corrected chi connectivity index (χ1v) is 9.93. The Bertz CT molecular complexity index is 577. The molecule has 1 amide bonds. The second-order valence-corrected chi connectivity index (χ2v) is 7.67. The van der Waals surface area contributed by atoms with Gasteiger partial charge in [-0.1, -0.05) is 12.8 Å². The fourth-order valence-electron chi connectivity index (χ4n) is 3.62. The van der Waals surface area contributed by atoms with Crippen molar-refractivity contribution in [3.63, 3.8) is 0 Å². The van der Waals surface area contributed by atoms with Crippen LogP contribution in [0.25, 0.3) is 0 Å². The molecule has 1 aliphatic heterocycles. The third kappa shape index (κ3) is 4.98. The number of benzene rings is 1. The lowest BCUT2D eigenvalue weighted by Gasteiger charge is -2.26. The van der Waals surface area contributed by atoms with Crippen molar-refractivity contribution in [2.75, 3.05) is 38.7 Å². The van der Waals surface area contributed by atoms with Crippen LogP contribution >= 0.6 is 0 Å². The van der Waals surface area contributed by atoms with Gasteiger partial charge in [-0.25, -0.2) is 0 Å². The molecular weight excluding hydrogens is 328 g/mol. The lowest BCUT2D eigenvalue weighted by molar-refractivity contribution is -0.138. The van der Waals surface area contributed by atoms with Crippen LogP contribution in [-0.4, -0.2) is 49.8 Å². The summed E-state index contributed by atoms with van der Waals surface area (Å²) in [5.74, 6) is 1.10. The molecule has 5 heteroatoms. The summed E-state index contributed by atoms with van der Waals surface area (Å²) in [4.78, 5) is 15.0. The van der Waals surface area contributed by atoms with E-state index in [-0.39, 0.29) is 5.91 Å². The van der Waals surface area contributed by atoms with Crippen LogP contribution in [0.1, 0.15) is 45.4 Å². The van der Waals surface area contributed by atoms with Gasteiger partial charge >= 0.3 is 0 Å². The zero-order chi connectivity index (χ0) is 18.4. The minimum atomic E-state index is -0.734. The molecule has 0 aromatic heterocycles. The average Bonchev–Trinajstić information content (AvgIpc) is 3.50. The fourth-order valence-corrected chi connectivity index (χ4v) is 3.62. The maximum atomic E-state index is 12.5. The molecule has 1 N–H and O–H groups in total. The maximum Gasteiger partial charge on any atom is 0.256 e. The van der Waals surface area contributed by atoms with Gasteiger partial charge in [0.1, 0.15) is 18.0 Å². The first-order valence-electron chi connectivity index (χ1n) is 9.93. The molecule has 0 unspecified atom stereocenters. The first kappa shape index (κ1) is 19.2. The molecule has 5 nitrogen and oxygen atoms in total. The Balaban J connectivity index is 1.45. The van der Waals surface area contributed by atoms with Crippen molar-refractivity contribution >= 4 is 11.6 Å². The summed E-state index contributed by atoms with van der Waals surface area (Å²) >= 11 is 0. The maximum absolute atomic E-state index is 12.5. The van der Waals surface area contributed by atoms with Gasteiger partial charge in [0.2, 0.25) is 0 Å². The normalized spacial score (nSPS) is 20.8. The Hall–Kier alpha value is -1.59. The van der Waals surface area contributed by atoms with Crippen molar-refractivity contribution in [2.45, 2.75) is 51.0 Å². The Labute approximate surface area is 157 Å². The van der Waals surface area contributed by atoms with Crippen LogP contribution in [0.3, 0.4) is 0 Å². The van der Waals surface area contributed by atoms with E-state index in [2.05, 4.69) is 10.2 Å². The first-order chi connectivity index (χ1) is 12.6. The van der Waals surface area contributed by atoms with E-state index < -0.39 is 5.60 Å². The predicted octanol–water partition coefficient (Wildman–Crippen LogP) is 3.70. The van der Waals surface area contributed by atoms with Gasteiger partial charge in [-0.05, 0) is 75.9 Å². The smallest absolute Gasteiger partial charge is 0.256 e. The zero-order valence-corrected chi connectivity index (χ0v) is 16.1. The van der Waals surface area contributed by atoms with Crippen molar-refractivity contribution in [3.05, 3.63) is 24.3 Å². The number of anilines is 1. The number of hydrogen-bond acceptors (Lipinski definition) is 4. The Kier molecular flexibility index (Phi) is 6.54. The number of carbonyl (C=O) groups is 1. The summed E-state index contributed by atoms with van der Waals surface area (Å²) in [5, 5.41) is 2.97. The van der Waals surface area contributed by atoms with Gasteiger partial charge in [-0.3, -0.25) is 9.69 Å². The molecule has 3 rings (SSSR count). The van der Waals surface area contributed by atoms with E-state index in [4.69, 9.17) is 9.47 Å². The van der Waals surface area contributed by atoms with Crippen LogP contribution in [0, 0.1) is 5.92 Å². The van der Waals surface area contributed by atoms with Crippen LogP contribution in [0.4, 0.5) is 5.69 Å². The summed E-state index contributed by atoms with van der Waals surface area (Å²) in [6.07, 6.45) is 7.43. The number of ether oxygens (including phenoxy) is 2. The molecule has 0 spiro atoms. The highest BCUT2D eigenvalue weighted by Gasteiger charge is 2.47. The van der Waals surface area contributed by atoms with Crippen molar-refractivity contribution in [2.24, 2.45) is 5.92 Å². The van der Waals surface area contributed by atoms with Gasteiger partial charge in [-0.15, -0.1) is 0 Å². The monoisotopic (exact) mass is 360 g/mol. The molecule has 1 saturated carbocycles. The van der Waals surface area contributed by atoms with Crippen molar-refractivity contribution in [1.29, 1.82) is 0 Å². The number of methoxy groups -OCH3 is 1. The summed E-state index contributed by atoms with van der Waals surface area (Å²) in [6, 6.07) is 7.61.